The molecule has 3 aromatic rings. The molecule has 0 aliphatic rings. The summed E-state index contributed by atoms with van der Waals surface area (Å²) >= 11 is 12.6. The summed E-state index contributed by atoms with van der Waals surface area (Å²) < 4.78 is 0. The van der Waals surface area contributed by atoms with E-state index in [1.165, 1.54) is 26.1 Å². The van der Waals surface area contributed by atoms with Gasteiger partial charge in [0.2, 0.25) is 11.2 Å². The van der Waals surface area contributed by atoms with Crippen molar-refractivity contribution in [2.24, 2.45) is 0 Å². The Morgan fingerprint density at radius 1 is 1.03 bits per heavy atom. The first-order valence-corrected chi connectivity index (χ1v) is 11.9. The van der Waals surface area contributed by atoms with Gasteiger partial charge >= 0.3 is 0 Å². The molecule has 1 heterocycles. The van der Waals surface area contributed by atoms with Gasteiger partial charge in [-0.15, -0.1) is 0 Å². The zero-order chi connectivity index (χ0) is 22.2. The van der Waals surface area contributed by atoms with Gasteiger partial charge in [-0.1, -0.05) is 41.4 Å². The van der Waals surface area contributed by atoms with Gasteiger partial charge < -0.3 is 10.2 Å². The van der Waals surface area contributed by atoms with Crippen molar-refractivity contribution in [3.63, 3.8) is 0 Å². The third-order valence-corrected chi connectivity index (χ3v) is 6.35. The van der Waals surface area contributed by atoms with Crippen LogP contribution in [-0.2, 0) is 0 Å². The van der Waals surface area contributed by atoms with Gasteiger partial charge in [0.15, 0.2) is 0 Å². The second kappa shape index (κ2) is 11.5. The minimum atomic E-state index is 0.386. The summed E-state index contributed by atoms with van der Waals surface area (Å²) in [5.74, 6) is 0. The van der Waals surface area contributed by atoms with Crippen molar-refractivity contribution >= 4 is 51.9 Å². The Balaban J connectivity index is 1.81. The number of aromatic amines is 1. The van der Waals surface area contributed by atoms with E-state index in [1.807, 2.05) is 42.5 Å². The lowest BCUT2D eigenvalue weighted by molar-refractivity contribution is -0.896. The number of benzene rings is 2. The van der Waals surface area contributed by atoms with E-state index in [4.69, 9.17) is 23.2 Å². The van der Waals surface area contributed by atoms with Crippen molar-refractivity contribution in [2.45, 2.75) is 39.7 Å². The van der Waals surface area contributed by atoms with Crippen LogP contribution in [0.2, 0.25) is 10.0 Å². The number of halogens is 2. The maximum absolute atomic E-state index is 6.31. The van der Waals surface area contributed by atoms with Crippen LogP contribution in [0.3, 0.4) is 0 Å². The molecule has 2 aromatic carbocycles. The van der Waals surface area contributed by atoms with Crippen LogP contribution < -0.4 is 15.2 Å². The SMILES string of the molecule is CC[NH+](CC)CCC[C@H](C)Nc1cc(/C=C/c2ccccc2Cl)[nH+]c2cc(Cl)ccc12. The van der Waals surface area contributed by atoms with Gasteiger partial charge in [0, 0.05) is 34.3 Å². The summed E-state index contributed by atoms with van der Waals surface area (Å²) in [5, 5.41) is 6.33. The van der Waals surface area contributed by atoms with E-state index < -0.39 is 0 Å². The number of rotatable bonds is 10. The van der Waals surface area contributed by atoms with E-state index >= 15 is 0 Å². The number of hydrogen-bond acceptors (Lipinski definition) is 1. The van der Waals surface area contributed by atoms with Crippen LogP contribution in [0.25, 0.3) is 23.1 Å². The van der Waals surface area contributed by atoms with E-state index in [0.29, 0.717) is 6.04 Å². The van der Waals surface area contributed by atoms with E-state index in [9.17, 15) is 0 Å². The molecule has 0 bridgehead atoms. The third-order valence-electron chi connectivity index (χ3n) is 5.77. The van der Waals surface area contributed by atoms with Crippen LogP contribution in [-0.4, -0.2) is 25.7 Å². The van der Waals surface area contributed by atoms with Crippen LogP contribution in [0.1, 0.15) is 44.9 Å². The summed E-state index contributed by atoms with van der Waals surface area (Å²) in [6.07, 6.45) is 6.45. The maximum atomic E-state index is 6.31. The minimum Gasteiger partial charge on any atom is -0.382 e. The summed E-state index contributed by atoms with van der Waals surface area (Å²) in [6.45, 7) is 10.4. The maximum Gasteiger partial charge on any atom is 0.214 e. The number of nitrogens with one attached hydrogen (secondary N) is 3. The van der Waals surface area contributed by atoms with Gasteiger partial charge in [-0.25, -0.2) is 4.98 Å². The smallest absolute Gasteiger partial charge is 0.214 e. The summed E-state index contributed by atoms with van der Waals surface area (Å²) in [5.41, 5.74) is 4.12. The first kappa shape index (κ1) is 23.6. The number of aromatic nitrogens is 1. The second-order valence-electron chi connectivity index (χ2n) is 8.08. The molecule has 0 unspecified atom stereocenters. The highest BCUT2D eigenvalue weighted by molar-refractivity contribution is 6.32. The van der Waals surface area contributed by atoms with E-state index in [1.54, 1.807) is 4.90 Å². The Bertz CT molecular complexity index is 1030. The molecule has 0 amide bonds. The molecule has 3 rings (SSSR count). The lowest BCUT2D eigenvalue weighted by Gasteiger charge is -2.19. The molecule has 3 nitrogen and oxygen atoms in total. The fourth-order valence-corrected chi connectivity index (χ4v) is 4.25. The van der Waals surface area contributed by atoms with Crippen molar-refractivity contribution in [3.05, 3.63) is 69.8 Å². The molecule has 0 aliphatic heterocycles. The molecule has 0 spiro atoms. The van der Waals surface area contributed by atoms with Gasteiger partial charge in [-0.2, -0.15) is 0 Å². The van der Waals surface area contributed by atoms with E-state index in [0.717, 1.165) is 44.3 Å². The summed E-state index contributed by atoms with van der Waals surface area (Å²) in [6, 6.07) is 16.4. The molecule has 0 saturated carbocycles. The lowest BCUT2D eigenvalue weighted by atomic mass is 10.1. The minimum absolute atomic E-state index is 0.386. The second-order valence-corrected chi connectivity index (χ2v) is 8.92. The topological polar surface area (TPSA) is 30.6 Å². The van der Waals surface area contributed by atoms with Crippen molar-refractivity contribution in [3.8, 4) is 0 Å². The van der Waals surface area contributed by atoms with E-state index in [2.05, 4.69) is 49.3 Å². The highest BCUT2D eigenvalue weighted by atomic mass is 35.5. The quantitative estimate of drug-likeness (QED) is 0.405. The van der Waals surface area contributed by atoms with Crippen LogP contribution in [0, 0.1) is 0 Å². The lowest BCUT2D eigenvalue weighted by Crippen LogP contribution is -3.11. The Morgan fingerprint density at radius 3 is 2.55 bits per heavy atom. The summed E-state index contributed by atoms with van der Waals surface area (Å²) in [7, 11) is 0. The number of hydrogen-bond donors (Lipinski definition) is 2. The fourth-order valence-electron chi connectivity index (χ4n) is 3.88. The average Bonchev–Trinajstić information content (AvgIpc) is 2.76. The monoisotopic (exact) mass is 457 g/mol. The zero-order valence-corrected chi connectivity index (χ0v) is 20.2. The van der Waals surface area contributed by atoms with Gasteiger partial charge in [0.1, 0.15) is 0 Å². The highest BCUT2D eigenvalue weighted by Gasteiger charge is 2.14. The van der Waals surface area contributed by atoms with Crippen molar-refractivity contribution < 1.29 is 9.88 Å². The van der Waals surface area contributed by atoms with Crippen molar-refractivity contribution in [1.29, 1.82) is 0 Å². The molecule has 31 heavy (non-hydrogen) atoms. The van der Waals surface area contributed by atoms with E-state index in [-0.39, 0.29) is 0 Å². The molecule has 0 saturated heterocycles. The number of pyridine rings is 1. The number of quaternary nitrogens is 1. The molecule has 0 radical (unpaired) electrons. The standard InChI is InChI=1S/C26H31Cl2N3/c1-4-31(5-2)16-8-9-19(3)29-26-18-22(14-12-20-10-6-7-11-24(20)28)30-25-17-21(27)13-15-23(25)26/h6-7,10-15,17-19H,4-5,8-9,16H2,1-3H3,(H,29,30)/p+2/b14-12+/t19-/m0/s1. The molecule has 3 N–H and O–H groups in total. The molecular formula is C26H33Cl2N3+2. The molecule has 0 fully saturated rings. The zero-order valence-electron chi connectivity index (χ0n) is 18.6. The fraction of sp³-hybridized carbons (Fsp3) is 0.346. The van der Waals surface area contributed by atoms with Gasteiger partial charge in [0.25, 0.3) is 0 Å². The summed E-state index contributed by atoms with van der Waals surface area (Å²) in [4.78, 5) is 5.15. The van der Waals surface area contributed by atoms with Crippen LogP contribution in [0.5, 0.6) is 0 Å². The Morgan fingerprint density at radius 2 is 1.81 bits per heavy atom. The Kier molecular flexibility index (Phi) is 8.77. The predicted molar refractivity (Wildman–Crippen MR) is 135 cm³/mol. The predicted octanol–water partition coefficient (Wildman–Crippen LogP) is 5.64. The normalized spacial score (nSPS) is 12.7. The number of fused-ring (bicyclic) bond motifs is 1. The first-order valence-electron chi connectivity index (χ1n) is 11.2. The highest BCUT2D eigenvalue weighted by Crippen LogP contribution is 2.26. The van der Waals surface area contributed by atoms with Crippen LogP contribution in [0.15, 0.2) is 48.5 Å². The average molecular weight is 458 g/mol. The Labute approximate surface area is 196 Å². The number of anilines is 1. The van der Waals surface area contributed by atoms with Crippen molar-refractivity contribution in [2.75, 3.05) is 25.0 Å². The van der Waals surface area contributed by atoms with Crippen LogP contribution >= 0.6 is 23.2 Å². The third kappa shape index (κ3) is 6.70. The first-order chi connectivity index (χ1) is 15.0. The van der Waals surface area contributed by atoms with Crippen LogP contribution in [0.4, 0.5) is 5.69 Å². The Hall–Kier alpha value is -2.07. The molecule has 1 aromatic heterocycles. The van der Waals surface area contributed by atoms with Gasteiger partial charge in [0.05, 0.1) is 30.7 Å². The largest absolute Gasteiger partial charge is 0.382 e. The van der Waals surface area contributed by atoms with Gasteiger partial charge in [-0.3, -0.25) is 0 Å². The van der Waals surface area contributed by atoms with Crippen molar-refractivity contribution in [1.82, 2.24) is 0 Å². The molecule has 0 aliphatic carbocycles. The molecule has 1 atom stereocenters. The molecule has 5 heteroatoms. The van der Waals surface area contributed by atoms with Gasteiger partial charge in [-0.05, 0) is 63.5 Å². The number of H-pyrrole nitrogens is 1. The molecular weight excluding hydrogens is 425 g/mol. The molecule has 164 valence electrons.